The van der Waals surface area contributed by atoms with E-state index in [9.17, 15) is 23.5 Å². The van der Waals surface area contributed by atoms with E-state index in [4.69, 9.17) is 11.6 Å². The first-order chi connectivity index (χ1) is 25.5. The molecule has 0 aliphatic carbocycles. The zero-order valence-electron chi connectivity index (χ0n) is 31.8. The summed E-state index contributed by atoms with van der Waals surface area (Å²) in [5.74, 6) is -2.87. The van der Waals surface area contributed by atoms with Crippen LogP contribution in [-0.2, 0) is 16.0 Å². The SMILES string of the molecule is CC(C)(Cc1ccc(F)cc1F)CN(C(=O)c1ccccc1O)[C@H]1C[C@@H](C(=O)N2CCNCC2)N(C(=O)[C@@H]2CN(C(C)(C)C)C[C@H]2c2ccc(Cl)cc2)C1. The highest BCUT2D eigenvalue weighted by Gasteiger charge is 2.50. The third-order valence-corrected chi connectivity index (χ3v) is 11.5. The zero-order valence-corrected chi connectivity index (χ0v) is 32.6. The Balaban J connectivity index is 1.37. The van der Waals surface area contributed by atoms with Crippen LogP contribution >= 0.6 is 11.6 Å². The number of halogens is 3. The van der Waals surface area contributed by atoms with Gasteiger partial charge in [-0.3, -0.25) is 19.3 Å². The van der Waals surface area contributed by atoms with Crippen LogP contribution in [0.15, 0.2) is 66.7 Å². The van der Waals surface area contributed by atoms with Crippen molar-refractivity contribution < 1.29 is 28.3 Å². The molecule has 3 aromatic carbocycles. The lowest BCUT2D eigenvalue weighted by Crippen LogP contribution is -2.54. The Hall–Kier alpha value is -4.06. The van der Waals surface area contributed by atoms with Crippen LogP contribution in [0.5, 0.6) is 5.75 Å². The molecule has 0 bridgehead atoms. The smallest absolute Gasteiger partial charge is 0.257 e. The quantitative estimate of drug-likeness (QED) is 0.280. The van der Waals surface area contributed by atoms with Crippen molar-refractivity contribution in [3.05, 3.63) is 100 Å². The molecule has 0 radical (unpaired) electrons. The number of piperazine rings is 1. The van der Waals surface area contributed by atoms with Gasteiger partial charge in [-0.2, -0.15) is 0 Å². The topological polar surface area (TPSA) is 96.4 Å². The summed E-state index contributed by atoms with van der Waals surface area (Å²) < 4.78 is 28.7. The molecule has 3 aromatic rings. The van der Waals surface area contributed by atoms with Gasteiger partial charge in [0.2, 0.25) is 11.8 Å². The molecule has 3 heterocycles. The van der Waals surface area contributed by atoms with Crippen LogP contribution in [0.3, 0.4) is 0 Å². The number of amides is 3. The third-order valence-electron chi connectivity index (χ3n) is 11.3. The molecule has 0 aromatic heterocycles. The van der Waals surface area contributed by atoms with E-state index in [2.05, 4.69) is 31.0 Å². The highest BCUT2D eigenvalue weighted by molar-refractivity contribution is 6.30. The molecule has 0 saturated carbocycles. The first-order valence-electron chi connectivity index (χ1n) is 18.9. The summed E-state index contributed by atoms with van der Waals surface area (Å²) in [6.45, 7) is 13.9. The molecule has 3 saturated heterocycles. The van der Waals surface area contributed by atoms with Gasteiger partial charge in [0.1, 0.15) is 23.4 Å². The van der Waals surface area contributed by atoms with Crippen molar-refractivity contribution in [3.63, 3.8) is 0 Å². The Bertz CT molecular complexity index is 1840. The minimum Gasteiger partial charge on any atom is -0.507 e. The number of phenolic OH excluding ortho intramolecular Hbond substituents is 1. The monoisotopic (exact) mass is 763 g/mol. The van der Waals surface area contributed by atoms with Crippen molar-refractivity contribution in [2.24, 2.45) is 11.3 Å². The molecule has 4 atom stereocenters. The predicted octanol–water partition coefficient (Wildman–Crippen LogP) is 5.95. The van der Waals surface area contributed by atoms with Gasteiger partial charge in [-0.05, 0) is 80.5 Å². The van der Waals surface area contributed by atoms with Crippen molar-refractivity contribution in [1.82, 2.24) is 24.9 Å². The molecule has 12 heteroatoms. The molecule has 6 rings (SSSR count). The lowest BCUT2D eigenvalue weighted by molar-refractivity contribution is -0.146. The van der Waals surface area contributed by atoms with Crippen LogP contribution in [0, 0.1) is 23.0 Å². The fraction of sp³-hybridized carbons (Fsp3) is 0.500. The van der Waals surface area contributed by atoms with Gasteiger partial charge < -0.3 is 25.1 Å². The number of likely N-dealkylation sites (tertiary alicyclic amines) is 2. The van der Waals surface area contributed by atoms with Crippen molar-refractivity contribution in [1.29, 1.82) is 0 Å². The first-order valence-corrected chi connectivity index (χ1v) is 19.2. The van der Waals surface area contributed by atoms with Gasteiger partial charge in [-0.25, -0.2) is 8.78 Å². The van der Waals surface area contributed by atoms with E-state index in [0.717, 1.165) is 11.6 Å². The summed E-state index contributed by atoms with van der Waals surface area (Å²) in [6.07, 6.45) is 0.395. The summed E-state index contributed by atoms with van der Waals surface area (Å²) in [4.78, 5) is 51.6. The lowest BCUT2D eigenvalue weighted by Gasteiger charge is -2.37. The molecule has 0 spiro atoms. The highest BCUT2D eigenvalue weighted by Crippen LogP contribution is 2.40. The van der Waals surface area contributed by atoms with Crippen molar-refractivity contribution >= 4 is 29.3 Å². The Labute approximate surface area is 322 Å². The fourth-order valence-corrected chi connectivity index (χ4v) is 8.48. The summed E-state index contributed by atoms with van der Waals surface area (Å²) in [5.41, 5.74) is 0.461. The van der Waals surface area contributed by atoms with Crippen molar-refractivity contribution in [2.75, 3.05) is 52.4 Å². The number of hydrogen-bond donors (Lipinski definition) is 2. The molecule has 3 amide bonds. The van der Waals surface area contributed by atoms with Gasteiger partial charge in [-0.1, -0.05) is 55.8 Å². The second-order valence-electron chi connectivity index (χ2n) is 16.8. The number of benzene rings is 3. The Morgan fingerprint density at radius 1 is 0.907 bits per heavy atom. The number of nitrogens with one attached hydrogen (secondary N) is 1. The van der Waals surface area contributed by atoms with Crippen LogP contribution < -0.4 is 5.32 Å². The van der Waals surface area contributed by atoms with E-state index in [1.807, 2.05) is 38.1 Å². The van der Waals surface area contributed by atoms with Crippen molar-refractivity contribution in [3.8, 4) is 5.75 Å². The van der Waals surface area contributed by atoms with Gasteiger partial charge in [0.05, 0.1) is 17.5 Å². The number of hydrogen-bond acceptors (Lipinski definition) is 6. The molecule has 3 aliphatic rings. The lowest BCUT2D eigenvalue weighted by atomic mass is 9.84. The highest BCUT2D eigenvalue weighted by atomic mass is 35.5. The Morgan fingerprint density at radius 3 is 2.24 bits per heavy atom. The molecular weight excluding hydrogens is 712 g/mol. The average molecular weight is 764 g/mol. The standard InChI is InChI=1S/C42H52ClF2N5O4/c1-41(2,3)48-24-33(27-10-13-29(43)14-11-27)34(25-48)39(53)49-23-31(21-36(49)40(54)47-18-16-46-17-19-47)50(38(52)32-8-6-7-9-37(32)51)26-42(4,5)22-28-12-15-30(44)20-35(28)45/h6-15,20,31,33-34,36,46,51H,16-19,21-26H2,1-5H3/t31-,33-,34+,36-/m0/s1. The number of carbonyl (C=O) groups is 3. The average Bonchev–Trinajstić information content (AvgIpc) is 3.78. The Morgan fingerprint density at radius 2 is 1.59 bits per heavy atom. The second-order valence-corrected chi connectivity index (χ2v) is 17.3. The number of rotatable bonds is 9. The number of phenols is 1. The van der Waals surface area contributed by atoms with E-state index in [1.165, 1.54) is 18.2 Å². The Kier molecular flexibility index (Phi) is 11.7. The normalized spacial score (nSPS) is 22.4. The molecule has 3 aliphatic heterocycles. The predicted molar refractivity (Wildman–Crippen MR) is 205 cm³/mol. The third kappa shape index (κ3) is 8.74. The second kappa shape index (κ2) is 16.0. The van der Waals surface area contributed by atoms with Gasteiger partial charge in [0, 0.05) is 74.9 Å². The maximum atomic E-state index is 15.1. The minimum atomic E-state index is -0.813. The number of para-hydroxylation sites is 1. The molecule has 290 valence electrons. The fourth-order valence-electron chi connectivity index (χ4n) is 8.35. The maximum Gasteiger partial charge on any atom is 0.257 e. The molecule has 3 fully saturated rings. The van der Waals surface area contributed by atoms with Crippen LogP contribution in [-0.4, -0.2) is 112 Å². The van der Waals surface area contributed by atoms with E-state index in [-0.39, 0.29) is 60.5 Å². The van der Waals surface area contributed by atoms with Gasteiger partial charge in [0.25, 0.3) is 5.91 Å². The summed E-state index contributed by atoms with van der Waals surface area (Å²) in [7, 11) is 0. The maximum absolute atomic E-state index is 15.1. The van der Waals surface area contributed by atoms with Gasteiger partial charge in [-0.15, -0.1) is 0 Å². The number of carbonyl (C=O) groups excluding carboxylic acids is 3. The van der Waals surface area contributed by atoms with Gasteiger partial charge in [0.15, 0.2) is 0 Å². The van der Waals surface area contributed by atoms with Crippen LogP contribution in [0.25, 0.3) is 0 Å². The molecule has 54 heavy (non-hydrogen) atoms. The summed E-state index contributed by atoms with van der Waals surface area (Å²) in [5, 5.41) is 14.7. The zero-order chi connectivity index (χ0) is 38.9. The number of nitrogens with zero attached hydrogens (tertiary/aromatic N) is 4. The molecular formula is C42H52ClF2N5O4. The molecule has 2 N–H and O–H groups in total. The van der Waals surface area contributed by atoms with Crippen LogP contribution in [0.4, 0.5) is 8.78 Å². The van der Waals surface area contributed by atoms with Crippen LogP contribution in [0.1, 0.15) is 68.4 Å². The molecule has 9 nitrogen and oxygen atoms in total. The van der Waals surface area contributed by atoms with E-state index >= 15 is 4.79 Å². The van der Waals surface area contributed by atoms with Crippen LogP contribution in [0.2, 0.25) is 5.02 Å². The number of aromatic hydroxyl groups is 1. The largest absolute Gasteiger partial charge is 0.507 e. The van der Waals surface area contributed by atoms with Crippen molar-refractivity contribution in [2.45, 2.75) is 71.0 Å². The summed E-state index contributed by atoms with van der Waals surface area (Å²) in [6, 6.07) is 16.0. The first kappa shape index (κ1) is 39.6. The van der Waals surface area contributed by atoms with Gasteiger partial charge >= 0.3 is 0 Å². The minimum absolute atomic E-state index is 0.0930. The molecule has 0 unspecified atom stereocenters. The van der Waals surface area contributed by atoms with E-state index < -0.39 is 41.0 Å². The van der Waals surface area contributed by atoms with E-state index in [1.54, 1.807) is 32.9 Å². The van der Waals surface area contributed by atoms with E-state index in [0.29, 0.717) is 49.9 Å². The summed E-state index contributed by atoms with van der Waals surface area (Å²) >= 11 is 6.27.